The summed E-state index contributed by atoms with van der Waals surface area (Å²) in [5.41, 5.74) is 5.52. The highest BCUT2D eigenvalue weighted by Gasteiger charge is 2.53. The highest BCUT2D eigenvalue weighted by molar-refractivity contribution is 5.90. The van der Waals surface area contributed by atoms with E-state index in [1.807, 2.05) is 13.8 Å². The lowest BCUT2D eigenvalue weighted by Gasteiger charge is -2.27. The highest BCUT2D eigenvalue weighted by Crippen LogP contribution is 2.43. The zero-order chi connectivity index (χ0) is 20.5. The zero-order valence-electron chi connectivity index (χ0n) is 16.3. The highest BCUT2D eigenvalue weighted by atomic mass is 16.7. The molecule has 3 heterocycles. The summed E-state index contributed by atoms with van der Waals surface area (Å²) >= 11 is 0. The molecule has 2 aromatic heterocycles. The molecule has 0 spiro atoms. The summed E-state index contributed by atoms with van der Waals surface area (Å²) in [4.78, 5) is 8.37. The SMILES string of the molecule is CCOC(OCC)c1cn(C2OC(CCO)C(O)[C@@]2(C)O)c2ncnc(N)c12. The van der Waals surface area contributed by atoms with E-state index in [1.54, 1.807) is 10.8 Å². The van der Waals surface area contributed by atoms with Gasteiger partial charge in [-0.05, 0) is 27.2 Å². The Labute approximate surface area is 162 Å². The Morgan fingerprint density at radius 2 is 2.00 bits per heavy atom. The average molecular weight is 396 g/mol. The lowest BCUT2D eigenvalue weighted by molar-refractivity contribution is -0.140. The number of rotatable bonds is 8. The second-order valence-corrected chi connectivity index (χ2v) is 6.90. The van der Waals surface area contributed by atoms with E-state index in [1.165, 1.54) is 13.3 Å². The first-order valence-electron chi connectivity index (χ1n) is 9.37. The minimum Gasteiger partial charge on any atom is -0.396 e. The molecule has 0 saturated carbocycles. The van der Waals surface area contributed by atoms with Crippen LogP contribution in [0.15, 0.2) is 12.5 Å². The number of nitrogens with two attached hydrogens (primary N) is 1. The molecule has 10 heteroatoms. The zero-order valence-corrected chi connectivity index (χ0v) is 16.3. The van der Waals surface area contributed by atoms with Crippen LogP contribution < -0.4 is 5.73 Å². The van der Waals surface area contributed by atoms with Gasteiger partial charge in [-0.3, -0.25) is 0 Å². The Kier molecular flexibility index (Phi) is 6.18. The van der Waals surface area contributed by atoms with E-state index in [2.05, 4.69) is 9.97 Å². The molecule has 10 nitrogen and oxygen atoms in total. The second kappa shape index (κ2) is 8.27. The minimum atomic E-state index is -1.62. The molecule has 3 rings (SSSR count). The maximum Gasteiger partial charge on any atom is 0.186 e. The summed E-state index contributed by atoms with van der Waals surface area (Å²) in [5.74, 6) is 0.244. The Bertz CT molecular complexity index is 805. The predicted molar refractivity (Wildman–Crippen MR) is 100 cm³/mol. The fraction of sp³-hybridized carbons (Fsp3) is 0.667. The van der Waals surface area contributed by atoms with E-state index >= 15 is 0 Å². The van der Waals surface area contributed by atoms with Crippen LogP contribution in [0.4, 0.5) is 5.82 Å². The smallest absolute Gasteiger partial charge is 0.186 e. The maximum atomic E-state index is 10.9. The molecule has 1 aliphatic rings. The van der Waals surface area contributed by atoms with Crippen molar-refractivity contribution in [3.05, 3.63) is 18.1 Å². The first-order chi connectivity index (χ1) is 13.4. The lowest BCUT2D eigenvalue weighted by atomic mass is 9.95. The third kappa shape index (κ3) is 3.47. The van der Waals surface area contributed by atoms with Crippen molar-refractivity contribution in [2.24, 2.45) is 0 Å². The van der Waals surface area contributed by atoms with Gasteiger partial charge in [0.15, 0.2) is 12.5 Å². The van der Waals surface area contributed by atoms with Crippen molar-refractivity contribution < 1.29 is 29.5 Å². The fourth-order valence-electron chi connectivity index (χ4n) is 3.63. The summed E-state index contributed by atoms with van der Waals surface area (Å²) in [5, 5.41) is 31.2. The number of fused-ring (bicyclic) bond motifs is 1. The molecule has 3 unspecified atom stereocenters. The van der Waals surface area contributed by atoms with Crippen LogP contribution in [-0.4, -0.2) is 67.5 Å². The minimum absolute atomic E-state index is 0.173. The van der Waals surface area contributed by atoms with Crippen molar-refractivity contribution in [3.63, 3.8) is 0 Å². The van der Waals surface area contributed by atoms with Crippen molar-refractivity contribution in [2.75, 3.05) is 25.6 Å². The van der Waals surface area contributed by atoms with E-state index in [0.29, 0.717) is 29.8 Å². The van der Waals surface area contributed by atoms with Crippen LogP contribution in [-0.2, 0) is 14.2 Å². The monoisotopic (exact) mass is 396 g/mol. The third-order valence-corrected chi connectivity index (χ3v) is 4.98. The van der Waals surface area contributed by atoms with E-state index in [-0.39, 0.29) is 18.8 Å². The van der Waals surface area contributed by atoms with Crippen LogP contribution in [0.1, 0.15) is 45.3 Å². The Morgan fingerprint density at radius 3 is 2.61 bits per heavy atom. The molecule has 156 valence electrons. The second-order valence-electron chi connectivity index (χ2n) is 6.90. The largest absolute Gasteiger partial charge is 0.396 e. The fourth-order valence-corrected chi connectivity index (χ4v) is 3.63. The van der Waals surface area contributed by atoms with E-state index in [0.717, 1.165) is 0 Å². The van der Waals surface area contributed by atoms with Gasteiger partial charge in [-0.2, -0.15) is 0 Å². The van der Waals surface area contributed by atoms with Gasteiger partial charge in [0.05, 0.1) is 11.5 Å². The molecular formula is C18H28N4O6. The summed E-state index contributed by atoms with van der Waals surface area (Å²) in [6, 6.07) is 0. The number of ether oxygens (including phenoxy) is 3. The summed E-state index contributed by atoms with van der Waals surface area (Å²) in [7, 11) is 0. The first kappa shape index (κ1) is 20.9. The summed E-state index contributed by atoms with van der Waals surface area (Å²) < 4.78 is 18.9. The van der Waals surface area contributed by atoms with Gasteiger partial charge in [-0.15, -0.1) is 0 Å². The van der Waals surface area contributed by atoms with Gasteiger partial charge in [0.2, 0.25) is 0 Å². The van der Waals surface area contributed by atoms with Crippen molar-refractivity contribution in [3.8, 4) is 0 Å². The Hall–Kier alpha value is -1.82. The number of aromatic nitrogens is 3. The molecule has 1 saturated heterocycles. The van der Waals surface area contributed by atoms with Crippen molar-refractivity contribution >= 4 is 16.9 Å². The summed E-state index contributed by atoms with van der Waals surface area (Å²) in [6.07, 6.45) is -0.347. The van der Waals surface area contributed by atoms with Gasteiger partial charge in [0, 0.05) is 31.6 Å². The number of nitrogens with zero attached hydrogens (tertiary/aromatic N) is 3. The van der Waals surface area contributed by atoms with Gasteiger partial charge in [-0.1, -0.05) is 0 Å². The molecular weight excluding hydrogens is 368 g/mol. The number of aliphatic hydroxyl groups excluding tert-OH is 2. The van der Waals surface area contributed by atoms with E-state index in [4.69, 9.17) is 19.9 Å². The molecule has 5 N–H and O–H groups in total. The van der Waals surface area contributed by atoms with Gasteiger partial charge in [0.25, 0.3) is 0 Å². The predicted octanol–water partition coefficient (Wildman–Crippen LogP) is 0.477. The quantitative estimate of drug-likeness (QED) is 0.468. The van der Waals surface area contributed by atoms with Crippen LogP contribution in [0.2, 0.25) is 0 Å². The topological polar surface area (TPSA) is 145 Å². The van der Waals surface area contributed by atoms with Crippen LogP contribution in [0.5, 0.6) is 0 Å². The van der Waals surface area contributed by atoms with Crippen molar-refractivity contribution in [1.29, 1.82) is 0 Å². The van der Waals surface area contributed by atoms with E-state index < -0.39 is 30.3 Å². The molecule has 0 bridgehead atoms. The normalized spacial score (nSPS) is 27.9. The van der Waals surface area contributed by atoms with Gasteiger partial charge < -0.3 is 39.8 Å². The first-order valence-corrected chi connectivity index (χ1v) is 9.37. The number of hydrogen-bond acceptors (Lipinski definition) is 9. The number of anilines is 1. The van der Waals surface area contributed by atoms with Crippen molar-refractivity contribution in [1.82, 2.24) is 14.5 Å². The van der Waals surface area contributed by atoms with Gasteiger partial charge >= 0.3 is 0 Å². The molecule has 1 fully saturated rings. The van der Waals surface area contributed by atoms with Gasteiger partial charge in [0.1, 0.15) is 29.5 Å². The molecule has 0 aliphatic carbocycles. The summed E-state index contributed by atoms with van der Waals surface area (Å²) in [6.45, 7) is 5.85. The molecule has 2 aromatic rings. The molecule has 0 amide bonds. The number of aliphatic hydroxyl groups is 3. The molecule has 0 radical (unpaired) electrons. The Balaban J connectivity index is 2.13. The number of hydrogen-bond donors (Lipinski definition) is 4. The lowest BCUT2D eigenvalue weighted by Crippen LogP contribution is -2.43. The Morgan fingerprint density at radius 1 is 1.32 bits per heavy atom. The standard InChI is InChI=1S/C18H28N4O6/c1-4-26-16(27-5-2)10-8-22(15-12(10)14(19)20-9-21-15)17-18(3,25)13(24)11(28-17)6-7-23/h8-9,11,13,16-17,23-25H,4-7H2,1-3H3,(H2,19,20,21)/t11?,13?,17?,18-/m1/s1. The molecule has 4 atom stereocenters. The van der Waals surface area contributed by atoms with Crippen LogP contribution in [0.3, 0.4) is 0 Å². The van der Waals surface area contributed by atoms with Crippen LogP contribution >= 0.6 is 0 Å². The van der Waals surface area contributed by atoms with Crippen LogP contribution in [0, 0.1) is 0 Å². The van der Waals surface area contributed by atoms with Crippen molar-refractivity contribution in [2.45, 2.75) is 57.5 Å². The van der Waals surface area contributed by atoms with E-state index in [9.17, 15) is 15.3 Å². The molecule has 0 aromatic carbocycles. The average Bonchev–Trinajstić information content (AvgIpc) is 3.13. The maximum absolute atomic E-state index is 10.9. The van der Waals surface area contributed by atoms with Crippen LogP contribution in [0.25, 0.3) is 11.0 Å². The molecule has 28 heavy (non-hydrogen) atoms. The third-order valence-electron chi connectivity index (χ3n) is 4.98. The molecule has 1 aliphatic heterocycles. The van der Waals surface area contributed by atoms with Gasteiger partial charge in [-0.25, -0.2) is 9.97 Å². The number of nitrogen functional groups attached to an aromatic ring is 1.